The summed E-state index contributed by atoms with van der Waals surface area (Å²) in [5.41, 5.74) is 0. The molecule has 0 aliphatic heterocycles. The van der Waals surface area contributed by atoms with E-state index in [4.69, 9.17) is 8.37 Å². The van der Waals surface area contributed by atoms with E-state index in [0.29, 0.717) is 10.6 Å². The Balaban J connectivity index is 3.13. The van der Waals surface area contributed by atoms with Crippen molar-refractivity contribution >= 4 is 20.4 Å². The maximum atomic E-state index is 12.2. The third kappa shape index (κ3) is 4.18. The standard InChI is InChI=1S/C10H15FO4S2/c1-16(2,15-17(3,12)13)10-7-5-4-6-9(10)14-8-11/h4-7H,8H2,1-3H3. The Kier molecular flexibility index (Phi) is 4.40. The van der Waals surface area contributed by atoms with Gasteiger partial charge in [0.15, 0.2) is 0 Å². The minimum absolute atomic E-state index is 0.304. The Morgan fingerprint density at radius 3 is 2.29 bits per heavy atom. The number of ether oxygens (including phenoxy) is 1. The lowest BCUT2D eigenvalue weighted by atomic mass is 10.3. The van der Waals surface area contributed by atoms with Crippen LogP contribution in [0.4, 0.5) is 4.39 Å². The zero-order chi connectivity index (χ0) is 13.1. The van der Waals surface area contributed by atoms with Crippen LogP contribution in [0.1, 0.15) is 0 Å². The third-order valence-corrected chi connectivity index (χ3v) is 5.63. The largest absolute Gasteiger partial charge is 0.462 e. The van der Waals surface area contributed by atoms with Crippen molar-refractivity contribution in [1.29, 1.82) is 0 Å². The van der Waals surface area contributed by atoms with E-state index in [0.717, 1.165) is 6.26 Å². The van der Waals surface area contributed by atoms with E-state index in [1.54, 1.807) is 36.8 Å². The SMILES string of the molecule is CS(C)(OS(C)(=O)=O)c1ccccc1OCF. The van der Waals surface area contributed by atoms with Gasteiger partial charge in [-0.2, -0.15) is 8.42 Å². The molecule has 1 aromatic carbocycles. The Morgan fingerprint density at radius 1 is 1.18 bits per heavy atom. The normalized spacial score (nSPS) is 13.4. The van der Waals surface area contributed by atoms with Crippen molar-refractivity contribution in [3.63, 3.8) is 0 Å². The van der Waals surface area contributed by atoms with Gasteiger partial charge in [-0.05, 0) is 24.6 Å². The summed E-state index contributed by atoms with van der Waals surface area (Å²) in [5.74, 6) is 0.304. The molecule has 0 aliphatic rings. The van der Waals surface area contributed by atoms with Crippen LogP contribution in [-0.2, 0) is 13.7 Å². The molecule has 1 rings (SSSR count). The van der Waals surface area contributed by atoms with Gasteiger partial charge in [0.05, 0.1) is 11.2 Å². The van der Waals surface area contributed by atoms with Crippen LogP contribution >= 0.6 is 10.3 Å². The molecule has 0 atom stereocenters. The molecule has 0 aliphatic carbocycles. The van der Waals surface area contributed by atoms with Gasteiger partial charge in [0.25, 0.3) is 10.1 Å². The first-order valence-electron chi connectivity index (χ1n) is 4.68. The molecule has 0 unspecified atom stereocenters. The van der Waals surface area contributed by atoms with Crippen molar-refractivity contribution in [3.05, 3.63) is 24.3 Å². The highest BCUT2D eigenvalue weighted by molar-refractivity contribution is 8.32. The molecule has 17 heavy (non-hydrogen) atoms. The van der Waals surface area contributed by atoms with Crippen LogP contribution in [0.5, 0.6) is 5.75 Å². The van der Waals surface area contributed by atoms with Gasteiger partial charge >= 0.3 is 0 Å². The molecule has 4 nitrogen and oxygen atoms in total. The summed E-state index contributed by atoms with van der Waals surface area (Å²) in [6.07, 6.45) is 4.31. The van der Waals surface area contributed by atoms with Crippen LogP contribution in [0, 0.1) is 0 Å². The predicted molar refractivity (Wildman–Crippen MR) is 66.7 cm³/mol. The molecular formula is C10H15FO4S2. The minimum atomic E-state index is -3.57. The fraction of sp³-hybridized carbons (Fsp3) is 0.400. The number of hydrogen-bond acceptors (Lipinski definition) is 4. The summed E-state index contributed by atoms with van der Waals surface area (Å²) in [6, 6.07) is 6.66. The summed E-state index contributed by atoms with van der Waals surface area (Å²) in [7, 11) is -5.62. The van der Waals surface area contributed by atoms with Crippen LogP contribution in [0.25, 0.3) is 0 Å². The fourth-order valence-electron chi connectivity index (χ4n) is 1.38. The van der Waals surface area contributed by atoms with E-state index in [9.17, 15) is 12.8 Å². The van der Waals surface area contributed by atoms with Crippen LogP contribution in [0.3, 0.4) is 0 Å². The molecule has 0 N–H and O–H groups in total. The second kappa shape index (κ2) is 5.24. The second-order valence-electron chi connectivity index (χ2n) is 3.71. The fourth-order valence-corrected chi connectivity index (χ4v) is 5.16. The van der Waals surface area contributed by atoms with Crippen LogP contribution < -0.4 is 4.74 Å². The van der Waals surface area contributed by atoms with Gasteiger partial charge in [-0.1, -0.05) is 22.4 Å². The smallest absolute Gasteiger partial charge is 0.273 e. The highest BCUT2D eigenvalue weighted by Gasteiger charge is 2.24. The van der Waals surface area contributed by atoms with Crippen molar-refractivity contribution in [3.8, 4) is 5.75 Å². The Morgan fingerprint density at radius 2 is 1.76 bits per heavy atom. The molecule has 0 bridgehead atoms. The molecule has 0 spiro atoms. The topological polar surface area (TPSA) is 52.6 Å². The van der Waals surface area contributed by atoms with Gasteiger partial charge in [-0.3, -0.25) is 0 Å². The summed E-state index contributed by atoms with van der Waals surface area (Å²) in [6.45, 7) is -0.967. The van der Waals surface area contributed by atoms with Crippen LogP contribution in [0.15, 0.2) is 29.2 Å². The van der Waals surface area contributed by atoms with Crippen molar-refractivity contribution in [2.75, 3.05) is 25.6 Å². The number of halogens is 1. The van der Waals surface area contributed by atoms with Crippen molar-refractivity contribution in [2.45, 2.75) is 4.90 Å². The Bertz CT molecular complexity index is 485. The summed E-state index contributed by atoms with van der Waals surface area (Å²) in [4.78, 5) is 0.558. The average Bonchev–Trinajstić information content (AvgIpc) is 2.15. The lowest BCUT2D eigenvalue weighted by molar-refractivity contribution is 0.187. The number of rotatable bonds is 5. The summed E-state index contributed by atoms with van der Waals surface area (Å²) >= 11 is 0. The van der Waals surface area contributed by atoms with E-state index in [-0.39, 0.29) is 0 Å². The zero-order valence-corrected chi connectivity index (χ0v) is 11.5. The van der Waals surface area contributed by atoms with E-state index in [2.05, 4.69) is 0 Å². The molecule has 0 fully saturated rings. The average molecular weight is 282 g/mol. The first-order valence-corrected chi connectivity index (χ1v) is 8.87. The van der Waals surface area contributed by atoms with Gasteiger partial charge in [-0.15, -0.1) is 0 Å². The first kappa shape index (κ1) is 14.3. The molecule has 0 aromatic heterocycles. The molecule has 0 amide bonds. The van der Waals surface area contributed by atoms with Crippen molar-refractivity contribution in [2.24, 2.45) is 0 Å². The summed E-state index contributed by atoms with van der Waals surface area (Å²) < 4.78 is 44.4. The number of benzene rings is 1. The number of alkyl halides is 1. The van der Waals surface area contributed by atoms with Gasteiger partial charge < -0.3 is 4.74 Å². The van der Waals surface area contributed by atoms with Gasteiger partial charge in [0, 0.05) is 0 Å². The Hall–Kier alpha value is -0.790. The van der Waals surface area contributed by atoms with Crippen LogP contribution in [-0.4, -0.2) is 34.0 Å². The lowest BCUT2D eigenvalue weighted by Gasteiger charge is -2.30. The first-order chi connectivity index (χ1) is 7.76. The highest BCUT2D eigenvalue weighted by atomic mass is 32.3. The quantitative estimate of drug-likeness (QED) is 0.831. The highest BCUT2D eigenvalue weighted by Crippen LogP contribution is 2.55. The number of para-hydroxylation sites is 1. The predicted octanol–water partition coefficient (Wildman–Crippen LogP) is 2.31. The Labute approximate surface area is 102 Å². The molecule has 0 saturated heterocycles. The monoisotopic (exact) mass is 282 g/mol. The van der Waals surface area contributed by atoms with E-state index < -0.39 is 27.3 Å². The van der Waals surface area contributed by atoms with Crippen molar-refractivity contribution in [1.82, 2.24) is 0 Å². The van der Waals surface area contributed by atoms with Gasteiger partial charge in [0.1, 0.15) is 5.75 Å². The maximum absolute atomic E-state index is 12.2. The van der Waals surface area contributed by atoms with E-state index in [1.165, 1.54) is 0 Å². The van der Waals surface area contributed by atoms with E-state index >= 15 is 0 Å². The van der Waals surface area contributed by atoms with Crippen LogP contribution in [0.2, 0.25) is 0 Å². The van der Waals surface area contributed by atoms with Gasteiger partial charge in [-0.25, -0.2) is 8.02 Å². The molecule has 0 saturated carbocycles. The summed E-state index contributed by atoms with van der Waals surface area (Å²) in [5, 5.41) is 0. The van der Waals surface area contributed by atoms with E-state index in [1.807, 2.05) is 0 Å². The third-order valence-electron chi connectivity index (χ3n) is 1.88. The molecule has 0 heterocycles. The zero-order valence-electron chi connectivity index (χ0n) is 9.84. The molecule has 7 heteroatoms. The second-order valence-corrected chi connectivity index (χ2v) is 8.56. The molecular weight excluding hydrogens is 267 g/mol. The maximum Gasteiger partial charge on any atom is 0.273 e. The minimum Gasteiger partial charge on any atom is -0.462 e. The van der Waals surface area contributed by atoms with Gasteiger partial charge in [0.2, 0.25) is 6.86 Å². The lowest BCUT2D eigenvalue weighted by Crippen LogP contribution is -2.10. The molecule has 1 aromatic rings. The van der Waals surface area contributed by atoms with Crippen molar-refractivity contribution < 1.29 is 21.2 Å². The number of hydrogen-bond donors (Lipinski definition) is 0. The molecule has 0 radical (unpaired) electrons. The molecule has 98 valence electrons.